The van der Waals surface area contributed by atoms with Gasteiger partial charge in [0, 0.05) is 75.5 Å². The van der Waals surface area contributed by atoms with E-state index in [1.165, 1.54) is 23.2 Å². The summed E-state index contributed by atoms with van der Waals surface area (Å²) in [5.41, 5.74) is 3.28. The van der Waals surface area contributed by atoms with E-state index in [9.17, 15) is 13.6 Å². The smallest absolute Gasteiger partial charge is 0.257 e. The molecule has 0 bridgehead atoms. The number of amides is 1. The average Bonchev–Trinajstić information content (AvgIpc) is 2.81. The van der Waals surface area contributed by atoms with E-state index in [4.69, 9.17) is 0 Å². The quantitative estimate of drug-likeness (QED) is 0.446. The highest BCUT2D eigenvalue weighted by Gasteiger charge is 2.21. The molecule has 2 heterocycles. The lowest BCUT2D eigenvalue weighted by molar-refractivity contribution is 0.0828. The number of piperazine rings is 1. The predicted octanol–water partition coefficient (Wildman–Crippen LogP) is 4.60. The van der Waals surface area contributed by atoms with E-state index in [1.807, 2.05) is 12.1 Å². The number of carbonyl (C=O) groups is 1. The molecule has 0 spiro atoms. The predicted molar refractivity (Wildman–Crippen MR) is 140 cm³/mol. The largest absolute Gasteiger partial charge is 0.380 e. The highest BCUT2D eigenvalue weighted by Crippen LogP contribution is 2.27. The van der Waals surface area contributed by atoms with E-state index in [1.54, 1.807) is 20.2 Å². The van der Waals surface area contributed by atoms with Crippen LogP contribution < -0.4 is 20.9 Å². The van der Waals surface area contributed by atoms with Crippen molar-refractivity contribution in [1.29, 1.82) is 0 Å². The Balaban J connectivity index is 1.56. The Hall–Kier alpha value is -3.72. The molecule has 1 aliphatic heterocycles. The van der Waals surface area contributed by atoms with Gasteiger partial charge in [-0.3, -0.25) is 4.79 Å². The molecule has 1 amide bonds. The summed E-state index contributed by atoms with van der Waals surface area (Å²) in [6.07, 6.45) is 1.50. The Morgan fingerprint density at radius 1 is 1.08 bits per heavy atom. The molecule has 36 heavy (non-hydrogen) atoms. The van der Waals surface area contributed by atoms with Gasteiger partial charge in [-0.1, -0.05) is 6.07 Å². The third kappa shape index (κ3) is 6.28. The minimum absolute atomic E-state index is 0.140. The van der Waals surface area contributed by atoms with E-state index in [-0.39, 0.29) is 12.5 Å². The van der Waals surface area contributed by atoms with Gasteiger partial charge in [0.15, 0.2) is 0 Å². The number of halogens is 2. The standard InChI is InChI=1S/C27H32F2N6O/c1-17-15-35(16-18(2)32-17)23-7-5-6-22(11-23)33-26-12-25(24(14-31-26)27(36)34(3)4)30-13-19-8-20(28)10-21(29)9-19/h5-12,14,17-18,32H,13,15-16H2,1-4H3,(H2,30,31,33)/t17-,18+. The van der Waals surface area contributed by atoms with Crippen molar-refractivity contribution in [2.24, 2.45) is 0 Å². The Kier molecular flexibility index (Phi) is 7.69. The number of rotatable bonds is 7. The molecule has 3 N–H and O–H groups in total. The summed E-state index contributed by atoms with van der Waals surface area (Å²) in [4.78, 5) is 21.0. The minimum Gasteiger partial charge on any atom is -0.380 e. The molecule has 1 fully saturated rings. The lowest BCUT2D eigenvalue weighted by Gasteiger charge is -2.37. The molecule has 4 rings (SSSR count). The fraction of sp³-hybridized carbons (Fsp3) is 0.333. The second-order valence-corrected chi connectivity index (χ2v) is 9.50. The number of hydrogen-bond acceptors (Lipinski definition) is 6. The van der Waals surface area contributed by atoms with Gasteiger partial charge in [-0.05, 0) is 49.7 Å². The van der Waals surface area contributed by atoms with Crippen molar-refractivity contribution in [3.63, 3.8) is 0 Å². The number of anilines is 4. The molecular weight excluding hydrogens is 462 g/mol. The van der Waals surface area contributed by atoms with Crippen LogP contribution in [0.15, 0.2) is 54.7 Å². The highest BCUT2D eigenvalue weighted by molar-refractivity contribution is 5.99. The van der Waals surface area contributed by atoms with Crippen molar-refractivity contribution >= 4 is 28.8 Å². The fourth-order valence-corrected chi connectivity index (χ4v) is 4.46. The van der Waals surface area contributed by atoms with Crippen LogP contribution in [-0.2, 0) is 6.54 Å². The fourth-order valence-electron chi connectivity index (χ4n) is 4.46. The molecule has 2 atom stereocenters. The molecule has 2 aromatic carbocycles. The summed E-state index contributed by atoms with van der Waals surface area (Å²) in [6.45, 7) is 6.33. The van der Waals surface area contributed by atoms with Gasteiger partial charge in [-0.25, -0.2) is 13.8 Å². The number of carbonyl (C=O) groups excluding carboxylic acids is 1. The molecule has 1 saturated heterocycles. The van der Waals surface area contributed by atoms with Crippen LogP contribution in [0.4, 0.5) is 31.7 Å². The van der Waals surface area contributed by atoms with Gasteiger partial charge in [0.05, 0.1) is 11.3 Å². The zero-order chi connectivity index (χ0) is 25.8. The number of benzene rings is 2. The molecule has 7 nitrogen and oxygen atoms in total. The summed E-state index contributed by atoms with van der Waals surface area (Å²) in [6, 6.07) is 14.0. The number of nitrogens with one attached hydrogen (secondary N) is 3. The third-order valence-corrected chi connectivity index (χ3v) is 5.99. The lowest BCUT2D eigenvalue weighted by Crippen LogP contribution is -2.54. The Labute approximate surface area is 210 Å². The summed E-state index contributed by atoms with van der Waals surface area (Å²) in [5.74, 6) is -0.994. The molecule has 1 aromatic heterocycles. The second kappa shape index (κ2) is 10.9. The zero-order valence-corrected chi connectivity index (χ0v) is 21.0. The average molecular weight is 495 g/mol. The SMILES string of the molecule is C[C@@H]1CN(c2cccc(Nc3cc(NCc4cc(F)cc(F)c4)c(C(=O)N(C)C)cn3)c2)C[C@H](C)N1. The van der Waals surface area contributed by atoms with Gasteiger partial charge in [0.2, 0.25) is 0 Å². The van der Waals surface area contributed by atoms with E-state index in [0.717, 1.165) is 30.5 Å². The monoisotopic (exact) mass is 494 g/mol. The van der Waals surface area contributed by atoms with Crippen LogP contribution in [0.5, 0.6) is 0 Å². The second-order valence-electron chi connectivity index (χ2n) is 9.50. The van der Waals surface area contributed by atoms with Crippen molar-refractivity contribution in [3.05, 3.63) is 77.5 Å². The third-order valence-electron chi connectivity index (χ3n) is 5.99. The van der Waals surface area contributed by atoms with Crippen LogP contribution in [0.1, 0.15) is 29.8 Å². The maximum atomic E-state index is 13.6. The molecule has 0 radical (unpaired) electrons. The normalized spacial score (nSPS) is 17.6. The Morgan fingerprint density at radius 2 is 1.78 bits per heavy atom. The van der Waals surface area contributed by atoms with Crippen molar-refractivity contribution in [2.75, 3.05) is 42.7 Å². The van der Waals surface area contributed by atoms with Crippen LogP contribution in [-0.4, -0.2) is 55.1 Å². The van der Waals surface area contributed by atoms with Crippen LogP contribution in [0.25, 0.3) is 0 Å². The van der Waals surface area contributed by atoms with Crippen molar-refractivity contribution in [2.45, 2.75) is 32.5 Å². The van der Waals surface area contributed by atoms with Gasteiger partial charge in [-0.2, -0.15) is 0 Å². The van der Waals surface area contributed by atoms with Crippen molar-refractivity contribution in [3.8, 4) is 0 Å². The van der Waals surface area contributed by atoms with Gasteiger partial charge in [-0.15, -0.1) is 0 Å². The first-order valence-electron chi connectivity index (χ1n) is 12.0. The minimum atomic E-state index is -0.651. The first kappa shape index (κ1) is 25.4. The van der Waals surface area contributed by atoms with Gasteiger partial charge >= 0.3 is 0 Å². The summed E-state index contributed by atoms with van der Waals surface area (Å²) < 4.78 is 27.3. The van der Waals surface area contributed by atoms with Gasteiger partial charge in [0.25, 0.3) is 5.91 Å². The first-order valence-corrected chi connectivity index (χ1v) is 12.0. The molecule has 9 heteroatoms. The van der Waals surface area contributed by atoms with Crippen molar-refractivity contribution in [1.82, 2.24) is 15.2 Å². The molecular formula is C27H32F2N6O. The topological polar surface area (TPSA) is 72.5 Å². The van der Waals surface area contributed by atoms with Crippen LogP contribution in [0.3, 0.4) is 0 Å². The maximum absolute atomic E-state index is 13.6. The molecule has 0 aliphatic carbocycles. The summed E-state index contributed by atoms with van der Waals surface area (Å²) >= 11 is 0. The van der Waals surface area contributed by atoms with Crippen molar-refractivity contribution < 1.29 is 13.6 Å². The zero-order valence-electron chi connectivity index (χ0n) is 21.0. The van der Waals surface area contributed by atoms with Crippen LogP contribution in [0, 0.1) is 11.6 Å². The van der Waals surface area contributed by atoms with Crippen LogP contribution >= 0.6 is 0 Å². The van der Waals surface area contributed by atoms with E-state index in [2.05, 4.69) is 51.8 Å². The van der Waals surface area contributed by atoms with E-state index in [0.29, 0.717) is 34.7 Å². The molecule has 0 unspecified atom stereocenters. The number of hydrogen-bond donors (Lipinski definition) is 3. The lowest BCUT2D eigenvalue weighted by atomic mass is 10.1. The highest BCUT2D eigenvalue weighted by atomic mass is 19.1. The Bertz CT molecular complexity index is 1200. The van der Waals surface area contributed by atoms with Gasteiger partial charge in [0.1, 0.15) is 17.5 Å². The maximum Gasteiger partial charge on any atom is 0.257 e. The summed E-state index contributed by atoms with van der Waals surface area (Å²) in [5, 5.41) is 10.0. The van der Waals surface area contributed by atoms with E-state index >= 15 is 0 Å². The van der Waals surface area contributed by atoms with E-state index < -0.39 is 11.6 Å². The van der Waals surface area contributed by atoms with Gasteiger partial charge < -0.3 is 25.8 Å². The number of pyridine rings is 1. The Morgan fingerprint density at radius 3 is 2.44 bits per heavy atom. The molecule has 190 valence electrons. The molecule has 0 saturated carbocycles. The first-order chi connectivity index (χ1) is 17.2. The van der Waals surface area contributed by atoms with Crippen LogP contribution in [0.2, 0.25) is 0 Å². The number of aromatic nitrogens is 1. The number of nitrogens with zero attached hydrogens (tertiary/aromatic N) is 3. The molecule has 3 aromatic rings. The molecule has 1 aliphatic rings. The summed E-state index contributed by atoms with van der Waals surface area (Å²) in [7, 11) is 3.31.